The van der Waals surface area contributed by atoms with Crippen LogP contribution in [0.5, 0.6) is 11.5 Å². The maximum Gasteiger partial charge on any atom is 0.269 e. The molecule has 0 saturated carbocycles. The summed E-state index contributed by atoms with van der Waals surface area (Å²) in [7, 11) is 1.61. The third-order valence-electron chi connectivity index (χ3n) is 3.18. The number of para-hydroxylation sites is 1. The molecule has 0 aromatic heterocycles. The lowest BCUT2D eigenvalue weighted by Crippen LogP contribution is -2.49. The molecule has 6 nitrogen and oxygen atoms in total. The Balaban J connectivity index is 1.83. The van der Waals surface area contributed by atoms with Gasteiger partial charge in [-0.3, -0.25) is 15.6 Å². The summed E-state index contributed by atoms with van der Waals surface area (Å²) in [4.78, 5) is 12.1. The minimum atomic E-state index is -0.296. The van der Waals surface area contributed by atoms with Crippen LogP contribution in [0.15, 0.2) is 54.6 Å². The van der Waals surface area contributed by atoms with Gasteiger partial charge in [0.05, 0.1) is 6.61 Å². The Morgan fingerprint density at radius 3 is 2.32 bits per heavy atom. The maximum absolute atomic E-state index is 12.1. The van der Waals surface area contributed by atoms with Crippen molar-refractivity contribution < 1.29 is 14.3 Å². The predicted octanol–water partition coefficient (Wildman–Crippen LogP) is 2.62. The average Bonchev–Trinajstić information content (AvgIpc) is 2.61. The zero-order valence-electron chi connectivity index (χ0n) is 14.1. The number of rotatable bonds is 6. The van der Waals surface area contributed by atoms with Crippen molar-refractivity contribution in [3.05, 3.63) is 60.2 Å². The number of amides is 1. The van der Waals surface area contributed by atoms with Crippen LogP contribution in [-0.2, 0) is 4.74 Å². The molecule has 0 heterocycles. The number of ether oxygens (including phenoxy) is 2. The first-order chi connectivity index (χ1) is 12.1. The molecular formula is C18H21N3O3S. The van der Waals surface area contributed by atoms with Crippen molar-refractivity contribution in [2.24, 2.45) is 0 Å². The van der Waals surface area contributed by atoms with Crippen molar-refractivity contribution in [3.63, 3.8) is 0 Å². The van der Waals surface area contributed by atoms with Crippen molar-refractivity contribution in [3.8, 4) is 11.5 Å². The molecule has 0 aliphatic rings. The van der Waals surface area contributed by atoms with Crippen LogP contribution in [0.2, 0.25) is 0 Å². The Morgan fingerprint density at radius 2 is 1.68 bits per heavy atom. The fraction of sp³-hybridized carbons (Fsp3) is 0.222. The lowest BCUT2D eigenvalue weighted by molar-refractivity contribution is 0.0943. The highest BCUT2D eigenvalue weighted by molar-refractivity contribution is 7.80. The lowest BCUT2D eigenvalue weighted by Gasteiger charge is -2.16. The summed E-state index contributed by atoms with van der Waals surface area (Å²) in [5.74, 6) is 1.10. The number of benzene rings is 2. The number of nitrogens with one attached hydrogen (secondary N) is 3. The van der Waals surface area contributed by atoms with E-state index in [1.165, 1.54) is 0 Å². The highest BCUT2D eigenvalue weighted by Gasteiger charge is 2.08. The Kier molecular flexibility index (Phi) is 7.18. The Morgan fingerprint density at radius 1 is 1.04 bits per heavy atom. The summed E-state index contributed by atoms with van der Waals surface area (Å²) in [5, 5.41) is 3.31. The monoisotopic (exact) mass is 359 g/mol. The van der Waals surface area contributed by atoms with Gasteiger partial charge in [0.25, 0.3) is 5.91 Å². The van der Waals surface area contributed by atoms with Gasteiger partial charge in [0.2, 0.25) is 0 Å². The van der Waals surface area contributed by atoms with Crippen LogP contribution in [-0.4, -0.2) is 30.8 Å². The van der Waals surface area contributed by atoms with Crippen LogP contribution in [0.3, 0.4) is 0 Å². The topological polar surface area (TPSA) is 71.6 Å². The zero-order chi connectivity index (χ0) is 18.1. The first-order valence-corrected chi connectivity index (χ1v) is 8.18. The number of methoxy groups -OCH3 is 1. The third-order valence-corrected chi connectivity index (χ3v) is 3.40. The fourth-order valence-electron chi connectivity index (χ4n) is 2.04. The SMILES string of the molecule is COC[C@H](C)NC(=S)NNC(=O)c1ccc(Oc2ccccc2)cc1. The van der Waals surface area contributed by atoms with E-state index in [0.29, 0.717) is 23.0 Å². The second-order valence-corrected chi connectivity index (χ2v) is 5.76. The van der Waals surface area contributed by atoms with Crippen molar-refractivity contribution in [1.82, 2.24) is 16.2 Å². The van der Waals surface area contributed by atoms with Gasteiger partial charge in [0.1, 0.15) is 11.5 Å². The number of hydrogen-bond acceptors (Lipinski definition) is 4. The van der Waals surface area contributed by atoms with Gasteiger partial charge in [-0.05, 0) is 55.5 Å². The van der Waals surface area contributed by atoms with Crippen LogP contribution in [0.25, 0.3) is 0 Å². The summed E-state index contributed by atoms with van der Waals surface area (Å²) in [6.45, 7) is 2.43. The molecule has 0 bridgehead atoms. The van der Waals surface area contributed by atoms with Crippen LogP contribution in [0, 0.1) is 0 Å². The van der Waals surface area contributed by atoms with Gasteiger partial charge < -0.3 is 14.8 Å². The van der Waals surface area contributed by atoms with Crippen molar-refractivity contribution in [2.75, 3.05) is 13.7 Å². The van der Waals surface area contributed by atoms with E-state index in [1.807, 2.05) is 37.3 Å². The molecule has 1 atom stereocenters. The number of hydrogen-bond donors (Lipinski definition) is 3. The van der Waals surface area contributed by atoms with Gasteiger partial charge in [-0.1, -0.05) is 18.2 Å². The second kappa shape index (κ2) is 9.61. The largest absolute Gasteiger partial charge is 0.457 e. The molecule has 0 radical (unpaired) electrons. The van der Waals surface area contributed by atoms with E-state index < -0.39 is 0 Å². The fourth-order valence-corrected chi connectivity index (χ4v) is 2.29. The molecule has 0 aliphatic heterocycles. The van der Waals surface area contributed by atoms with Crippen LogP contribution >= 0.6 is 12.2 Å². The van der Waals surface area contributed by atoms with Gasteiger partial charge in [0.15, 0.2) is 5.11 Å². The van der Waals surface area contributed by atoms with Gasteiger partial charge in [-0.15, -0.1) is 0 Å². The number of hydrazine groups is 1. The van der Waals surface area contributed by atoms with E-state index >= 15 is 0 Å². The highest BCUT2D eigenvalue weighted by Crippen LogP contribution is 2.20. The summed E-state index contributed by atoms with van der Waals surface area (Å²) >= 11 is 5.09. The summed E-state index contributed by atoms with van der Waals surface area (Å²) in [5.41, 5.74) is 5.69. The highest BCUT2D eigenvalue weighted by atomic mass is 32.1. The normalized spacial score (nSPS) is 11.3. The molecule has 2 aromatic rings. The molecule has 132 valence electrons. The summed E-state index contributed by atoms with van der Waals surface area (Å²) < 4.78 is 10.7. The van der Waals surface area contributed by atoms with Crippen molar-refractivity contribution in [1.29, 1.82) is 0 Å². The molecule has 7 heteroatoms. The number of carbonyl (C=O) groups excluding carboxylic acids is 1. The smallest absolute Gasteiger partial charge is 0.269 e. The molecule has 2 aromatic carbocycles. The molecule has 25 heavy (non-hydrogen) atoms. The molecule has 0 spiro atoms. The predicted molar refractivity (Wildman–Crippen MR) is 101 cm³/mol. The van der Waals surface area contributed by atoms with Gasteiger partial charge >= 0.3 is 0 Å². The van der Waals surface area contributed by atoms with Crippen molar-refractivity contribution in [2.45, 2.75) is 13.0 Å². The molecule has 0 saturated heterocycles. The molecule has 3 N–H and O–H groups in total. The first-order valence-electron chi connectivity index (χ1n) is 7.77. The van der Waals surface area contributed by atoms with E-state index in [-0.39, 0.29) is 11.9 Å². The van der Waals surface area contributed by atoms with Gasteiger partial charge in [-0.2, -0.15) is 0 Å². The Bertz CT molecular complexity index is 692. The maximum atomic E-state index is 12.1. The number of thiocarbonyl (C=S) groups is 1. The first kappa shape index (κ1) is 18.7. The van der Waals surface area contributed by atoms with Gasteiger partial charge in [0, 0.05) is 18.7 Å². The molecular weight excluding hydrogens is 338 g/mol. The summed E-state index contributed by atoms with van der Waals surface area (Å²) in [6, 6.07) is 16.3. The van der Waals surface area contributed by atoms with E-state index in [0.717, 1.165) is 5.75 Å². The van der Waals surface area contributed by atoms with E-state index in [4.69, 9.17) is 21.7 Å². The zero-order valence-corrected chi connectivity index (χ0v) is 14.9. The van der Waals surface area contributed by atoms with Crippen LogP contribution in [0.4, 0.5) is 0 Å². The summed E-state index contributed by atoms with van der Waals surface area (Å²) in [6.07, 6.45) is 0. The average molecular weight is 359 g/mol. The third kappa shape index (κ3) is 6.40. The molecule has 2 rings (SSSR count). The number of carbonyl (C=O) groups is 1. The molecule has 0 unspecified atom stereocenters. The van der Waals surface area contributed by atoms with E-state index in [1.54, 1.807) is 31.4 Å². The minimum Gasteiger partial charge on any atom is -0.457 e. The van der Waals surface area contributed by atoms with Crippen LogP contribution in [0.1, 0.15) is 17.3 Å². The van der Waals surface area contributed by atoms with E-state index in [2.05, 4.69) is 16.2 Å². The minimum absolute atomic E-state index is 0.0383. The second-order valence-electron chi connectivity index (χ2n) is 5.35. The van der Waals surface area contributed by atoms with Crippen molar-refractivity contribution >= 4 is 23.2 Å². The molecule has 1 amide bonds. The Labute approximate surface area is 152 Å². The Hall–Kier alpha value is -2.64. The van der Waals surface area contributed by atoms with Crippen LogP contribution < -0.4 is 20.9 Å². The lowest BCUT2D eigenvalue weighted by atomic mass is 10.2. The quantitative estimate of drug-likeness (QED) is 0.544. The molecule has 0 aliphatic carbocycles. The van der Waals surface area contributed by atoms with E-state index in [9.17, 15) is 4.79 Å². The molecule has 0 fully saturated rings. The van der Waals surface area contributed by atoms with Gasteiger partial charge in [-0.25, -0.2) is 0 Å². The standard InChI is InChI=1S/C18H21N3O3S/c1-13(12-23-2)19-18(25)21-20-17(22)14-8-10-16(11-9-14)24-15-6-4-3-5-7-15/h3-11,13H,12H2,1-2H3,(H,20,22)(H2,19,21,25)/t13-/m0/s1.